The number of ether oxygens (including phenoxy) is 1. The first kappa shape index (κ1) is 27.2. The maximum atomic E-state index is 13.5. The molecule has 1 amide bonds. The predicted octanol–water partition coefficient (Wildman–Crippen LogP) is 9.13. The molecule has 1 aliphatic rings. The second-order valence-corrected chi connectivity index (χ2v) is 12.6. The zero-order valence-corrected chi connectivity index (χ0v) is 24.1. The van der Waals surface area contributed by atoms with Gasteiger partial charge in [0.15, 0.2) is 0 Å². The van der Waals surface area contributed by atoms with Crippen molar-refractivity contribution in [3.8, 4) is 5.75 Å². The first-order valence-electron chi connectivity index (χ1n) is 13.3. The molecule has 0 spiro atoms. The first-order valence-corrected chi connectivity index (χ1v) is 14.5. The summed E-state index contributed by atoms with van der Waals surface area (Å²) in [5.74, 6) is 1.26. The van der Waals surface area contributed by atoms with E-state index in [2.05, 4.69) is 26.1 Å². The van der Waals surface area contributed by atoms with Gasteiger partial charge in [0.05, 0.1) is 5.56 Å². The molecule has 1 N–H and O–H groups in total. The highest BCUT2D eigenvalue weighted by Crippen LogP contribution is 2.45. The van der Waals surface area contributed by atoms with Crippen LogP contribution in [0.5, 0.6) is 5.75 Å². The number of carbonyl (C=O) groups excluding carboxylic acids is 1. The Labute approximate surface area is 239 Å². The molecule has 1 aliphatic carbocycles. The average molecular weight is 557 g/mol. The molecule has 6 heteroatoms. The number of hydrogen-bond acceptors (Lipinski definition) is 4. The number of anilines is 1. The van der Waals surface area contributed by atoms with Gasteiger partial charge in [-0.25, -0.2) is 4.99 Å². The number of hydrogen-bond donors (Lipinski definition) is 1. The molecule has 1 heterocycles. The molecule has 3 aromatic carbocycles. The molecular formula is C33H33ClN2O2S. The highest BCUT2D eigenvalue weighted by atomic mass is 35.5. The van der Waals surface area contributed by atoms with Gasteiger partial charge in [-0.3, -0.25) is 4.79 Å². The minimum Gasteiger partial charge on any atom is -0.489 e. The van der Waals surface area contributed by atoms with Gasteiger partial charge < -0.3 is 10.1 Å². The van der Waals surface area contributed by atoms with Crippen LogP contribution in [0.2, 0.25) is 5.02 Å². The molecule has 1 atom stereocenters. The monoisotopic (exact) mass is 556 g/mol. The van der Waals surface area contributed by atoms with Gasteiger partial charge >= 0.3 is 0 Å². The topological polar surface area (TPSA) is 50.7 Å². The van der Waals surface area contributed by atoms with Crippen LogP contribution in [0.4, 0.5) is 10.7 Å². The highest BCUT2D eigenvalue weighted by Gasteiger charge is 2.33. The zero-order chi connectivity index (χ0) is 27.4. The molecule has 4 aromatic rings. The first-order chi connectivity index (χ1) is 18.8. The Morgan fingerprint density at radius 2 is 1.77 bits per heavy atom. The number of benzene rings is 3. The molecule has 5 rings (SSSR count). The lowest BCUT2D eigenvalue weighted by Crippen LogP contribution is -2.27. The lowest BCUT2D eigenvalue weighted by atomic mass is 9.72. The molecule has 39 heavy (non-hydrogen) atoms. The molecular weight excluding hydrogens is 524 g/mol. The third-order valence-corrected chi connectivity index (χ3v) is 8.67. The molecule has 0 fully saturated rings. The standard InChI is InChI=1S/C33H33ClN2O2S/c1-33(2,3)24-11-18-28-29(19-24)39-32(30(28)31(37)36-26-14-12-25(34)13-15-26)35-20-22-9-16-27(17-10-22)38-21-23-7-5-4-6-8-23/h4-10,12-17,20,24H,11,18-19,21H2,1-3H3,(H,36,37)/t24-/m0/s1. The Bertz CT molecular complexity index is 1450. The van der Waals surface area contributed by atoms with Crippen LogP contribution in [0.3, 0.4) is 0 Å². The largest absolute Gasteiger partial charge is 0.489 e. The van der Waals surface area contributed by atoms with Crippen molar-refractivity contribution in [3.05, 3.63) is 111 Å². The summed E-state index contributed by atoms with van der Waals surface area (Å²) < 4.78 is 5.91. The van der Waals surface area contributed by atoms with Gasteiger partial charge in [-0.05, 0) is 95.8 Å². The minimum atomic E-state index is -0.124. The van der Waals surface area contributed by atoms with E-state index in [9.17, 15) is 4.79 Å². The summed E-state index contributed by atoms with van der Waals surface area (Å²) >= 11 is 7.68. The van der Waals surface area contributed by atoms with Gasteiger partial charge in [0.1, 0.15) is 17.4 Å². The van der Waals surface area contributed by atoms with Crippen molar-refractivity contribution in [2.45, 2.75) is 46.6 Å². The molecule has 200 valence electrons. The van der Waals surface area contributed by atoms with E-state index in [1.807, 2.05) is 72.9 Å². The van der Waals surface area contributed by atoms with Crippen molar-refractivity contribution in [3.63, 3.8) is 0 Å². The number of rotatable bonds is 7. The summed E-state index contributed by atoms with van der Waals surface area (Å²) in [6.45, 7) is 7.43. The van der Waals surface area contributed by atoms with Crippen molar-refractivity contribution < 1.29 is 9.53 Å². The zero-order valence-electron chi connectivity index (χ0n) is 22.5. The van der Waals surface area contributed by atoms with Crippen LogP contribution in [0.25, 0.3) is 0 Å². The van der Waals surface area contributed by atoms with Gasteiger partial charge in [-0.15, -0.1) is 11.3 Å². The van der Waals surface area contributed by atoms with Gasteiger partial charge in [-0.2, -0.15) is 0 Å². The molecule has 0 bridgehead atoms. The lowest BCUT2D eigenvalue weighted by Gasteiger charge is -2.33. The Hall–Kier alpha value is -3.41. The Balaban J connectivity index is 1.37. The number of nitrogens with one attached hydrogen (secondary N) is 1. The number of halogens is 1. The summed E-state index contributed by atoms with van der Waals surface area (Å²) in [7, 11) is 0. The normalized spacial score (nSPS) is 15.2. The molecule has 0 radical (unpaired) electrons. The summed E-state index contributed by atoms with van der Waals surface area (Å²) in [6.07, 6.45) is 4.77. The van der Waals surface area contributed by atoms with Crippen LogP contribution in [0.1, 0.15) is 59.1 Å². The number of nitrogens with zero attached hydrogens (tertiary/aromatic N) is 1. The van der Waals surface area contributed by atoms with Crippen LogP contribution in [-0.4, -0.2) is 12.1 Å². The fourth-order valence-corrected chi connectivity index (χ4v) is 6.28. The fourth-order valence-electron chi connectivity index (χ4n) is 4.89. The number of fused-ring (bicyclic) bond motifs is 1. The Kier molecular flexibility index (Phi) is 8.20. The number of thiophene rings is 1. The molecule has 0 unspecified atom stereocenters. The molecule has 0 saturated heterocycles. The average Bonchev–Trinajstić information content (AvgIpc) is 3.30. The van der Waals surface area contributed by atoms with Crippen LogP contribution in [-0.2, 0) is 19.4 Å². The van der Waals surface area contributed by atoms with E-state index < -0.39 is 0 Å². The summed E-state index contributed by atoms with van der Waals surface area (Å²) in [4.78, 5) is 19.7. The van der Waals surface area contributed by atoms with Gasteiger partial charge in [-0.1, -0.05) is 62.7 Å². The highest BCUT2D eigenvalue weighted by molar-refractivity contribution is 7.16. The van der Waals surface area contributed by atoms with Crippen LogP contribution in [0.15, 0.2) is 83.9 Å². The summed E-state index contributed by atoms with van der Waals surface area (Å²) in [5.41, 5.74) is 4.85. The quantitative estimate of drug-likeness (QED) is 0.231. The molecule has 4 nitrogen and oxygen atoms in total. The fraction of sp³-hybridized carbons (Fsp3) is 0.273. The third-order valence-electron chi connectivity index (χ3n) is 7.26. The lowest BCUT2D eigenvalue weighted by molar-refractivity contribution is 0.102. The van der Waals surface area contributed by atoms with Gasteiger partial charge in [0.25, 0.3) is 5.91 Å². The second kappa shape index (κ2) is 11.8. The van der Waals surface area contributed by atoms with E-state index in [1.165, 1.54) is 4.88 Å². The smallest absolute Gasteiger partial charge is 0.259 e. The van der Waals surface area contributed by atoms with Crippen LogP contribution in [0, 0.1) is 11.3 Å². The predicted molar refractivity (Wildman–Crippen MR) is 163 cm³/mol. The SMILES string of the molecule is CC(C)(C)[C@H]1CCc2c(sc(N=Cc3ccc(OCc4ccccc4)cc3)c2C(=O)Nc2ccc(Cl)cc2)C1. The number of aliphatic imine (C=N–C) groups is 1. The Morgan fingerprint density at radius 3 is 2.46 bits per heavy atom. The second-order valence-electron chi connectivity index (χ2n) is 11.1. The van der Waals surface area contributed by atoms with E-state index in [0.29, 0.717) is 28.8 Å². The van der Waals surface area contributed by atoms with E-state index in [-0.39, 0.29) is 11.3 Å². The van der Waals surface area contributed by atoms with Gasteiger partial charge in [0.2, 0.25) is 0 Å². The third kappa shape index (κ3) is 6.78. The number of amides is 1. The van der Waals surface area contributed by atoms with Crippen LogP contribution >= 0.6 is 22.9 Å². The van der Waals surface area contributed by atoms with Crippen molar-refractivity contribution in [1.29, 1.82) is 0 Å². The van der Waals surface area contributed by atoms with E-state index in [4.69, 9.17) is 21.3 Å². The Morgan fingerprint density at radius 1 is 1.05 bits per heavy atom. The van der Waals surface area contributed by atoms with Crippen LogP contribution < -0.4 is 10.1 Å². The summed E-state index contributed by atoms with van der Waals surface area (Å²) in [5, 5.41) is 4.45. The van der Waals surface area contributed by atoms with E-state index in [1.54, 1.807) is 23.5 Å². The number of carbonyl (C=O) groups is 1. The maximum Gasteiger partial charge on any atom is 0.259 e. The summed E-state index contributed by atoms with van der Waals surface area (Å²) in [6, 6.07) is 25.2. The van der Waals surface area contributed by atoms with Crippen molar-refractivity contribution >= 4 is 45.7 Å². The van der Waals surface area contributed by atoms with Crippen molar-refractivity contribution in [2.24, 2.45) is 16.3 Å². The molecule has 1 aromatic heterocycles. The molecule has 0 saturated carbocycles. The maximum absolute atomic E-state index is 13.5. The van der Waals surface area contributed by atoms with Gasteiger partial charge in [0, 0.05) is 21.8 Å². The van der Waals surface area contributed by atoms with Crippen molar-refractivity contribution in [1.82, 2.24) is 0 Å². The van der Waals surface area contributed by atoms with Crippen molar-refractivity contribution in [2.75, 3.05) is 5.32 Å². The minimum absolute atomic E-state index is 0.124. The van der Waals surface area contributed by atoms with E-state index >= 15 is 0 Å². The van der Waals surface area contributed by atoms with E-state index in [0.717, 1.165) is 46.7 Å². The molecule has 0 aliphatic heterocycles.